The average molecular weight is 264 g/mol. The van der Waals surface area contributed by atoms with Crippen molar-refractivity contribution in [3.05, 3.63) is 36.2 Å². The molecule has 2 N–H and O–H groups in total. The van der Waals surface area contributed by atoms with Gasteiger partial charge >= 0.3 is 0 Å². The van der Waals surface area contributed by atoms with E-state index in [0.29, 0.717) is 13.0 Å². The summed E-state index contributed by atoms with van der Waals surface area (Å²) in [5.74, 6) is -0.249. The number of nitrogens with one attached hydrogen (secondary N) is 1. The first kappa shape index (κ1) is 15.3. The van der Waals surface area contributed by atoms with Crippen LogP contribution in [-0.2, 0) is 9.53 Å². The molecule has 5 nitrogen and oxygen atoms in total. The molecule has 0 aromatic carbocycles. The number of aliphatic hydroxyl groups is 1. The Morgan fingerprint density at radius 2 is 2.42 bits per heavy atom. The highest BCUT2D eigenvalue weighted by atomic mass is 16.5. The van der Waals surface area contributed by atoms with Crippen LogP contribution in [0.5, 0.6) is 0 Å². The Hall–Kier alpha value is -1.72. The van der Waals surface area contributed by atoms with Gasteiger partial charge in [0.25, 0.3) is 0 Å². The summed E-state index contributed by atoms with van der Waals surface area (Å²) in [6.07, 6.45) is 6.90. The maximum absolute atomic E-state index is 11.6. The lowest BCUT2D eigenvalue weighted by Gasteiger charge is -2.22. The highest BCUT2D eigenvalue weighted by Gasteiger charge is 2.20. The molecule has 1 aromatic rings. The number of aromatic nitrogens is 1. The van der Waals surface area contributed by atoms with E-state index in [4.69, 9.17) is 4.74 Å². The molecular formula is C14H20N2O3. The fraction of sp³-hybridized carbons (Fsp3) is 0.429. The van der Waals surface area contributed by atoms with Crippen molar-refractivity contribution >= 4 is 12.0 Å². The van der Waals surface area contributed by atoms with Crippen LogP contribution in [0.3, 0.4) is 0 Å². The number of carbonyl (C=O) groups excluding carboxylic acids is 1. The van der Waals surface area contributed by atoms with Crippen molar-refractivity contribution in [1.82, 2.24) is 10.3 Å². The van der Waals surface area contributed by atoms with Gasteiger partial charge in [0.15, 0.2) is 0 Å². The second-order valence-corrected chi connectivity index (χ2v) is 4.58. The second kappa shape index (κ2) is 7.66. The topological polar surface area (TPSA) is 71.5 Å². The number of amides is 1. The molecule has 0 aliphatic rings. The summed E-state index contributed by atoms with van der Waals surface area (Å²) in [5.41, 5.74) is -0.114. The summed E-state index contributed by atoms with van der Waals surface area (Å²) in [7, 11) is 1.57. The number of nitrogens with zero attached hydrogens (tertiary/aromatic N) is 1. The summed E-state index contributed by atoms with van der Waals surface area (Å²) in [6, 6.07) is 3.65. The lowest BCUT2D eigenvalue weighted by atomic mass is 10.0. The minimum absolute atomic E-state index is 0.187. The van der Waals surface area contributed by atoms with Crippen molar-refractivity contribution in [2.24, 2.45) is 0 Å². The van der Waals surface area contributed by atoms with E-state index in [1.165, 1.54) is 6.08 Å². The van der Waals surface area contributed by atoms with Crippen LogP contribution in [0.2, 0.25) is 0 Å². The number of hydrogen-bond acceptors (Lipinski definition) is 4. The molecule has 0 aliphatic carbocycles. The molecule has 0 spiro atoms. The van der Waals surface area contributed by atoms with E-state index in [9.17, 15) is 9.90 Å². The predicted molar refractivity (Wildman–Crippen MR) is 73.4 cm³/mol. The average Bonchev–Trinajstić information content (AvgIpc) is 2.42. The zero-order chi connectivity index (χ0) is 14.1. The Morgan fingerprint density at radius 3 is 3.05 bits per heavy atom. The third-order valence-corrected chi connectivity index (χ3v) is 2.60. The number of pyridine rings is 1. The van der Waals surface area contributed by atoms with E-state index >= 15 is 0 Å². The van der Waals surface area contributed by atoms with E-state index in [-0.39, 0.29) is 12.5 Å². The lowest BCUT2D eigenvalue weighted by Crippen LogP contribution is -2.40. The molecule has 5 heteroatoms. The van der Waals surface area contributed by atoms with Gasteiger partial charge in [-0.25, -0.2) is 0 Å². The Bertz CT molecular complexity index is 416. The van der Waals surface area contributed by atoms with Crippen molar-refractivity contribution < 1.29 is 14.6 Å². The SMILES string of the molecule is COCCC(C)(O)CNC(=O)/C=C/c1cccnc1. The summed E-state index contributed by atoms with van der Waals surface area (Å²) >= 11 is 0. The summed E-state index contributed by atoms with van der Waals surface area (Å²) in [4.78, 5) is 15.5. The summed E-state index contributed by atoms with van der Waals surface area (Å²) in [6.45, 7) is 2.30. The van der Waals surface area contributed by atoms with Crippen LogP contribution in [0.4, 0.5) is 0 Å². The summed E-state index contributed by atoms with van der Waals surface area (Å²) < 4.78 is 4.90. The molecule has 1 rings (SSSR count). The van der Waals surface area contributed by atoms with Crippen LogP contribution in [0, 0.1) is 0 Å². The molecule has 0 fully saturated rings. The quantitative estimate of drug-likeness (QED) is 0.721. The zero-order valence-corrected chi connectivity index (χ0v) is 11.3. The Morgan fingerprint density at radius 1 is 1.63 bits per heavy atom. The first-order valence-corrected chi connectivity index (χ1v) is 6.11. The number of rotatable bonds is 7. The normalized spacial score (nSPS) is 14.3. The van der Waals surface area contributed by atoms with Crippen molar-refractivity contribution in [3.63, 3.8) is 0 Å². The molecular weight excluding hydrogens is 244 g/mol. The van der Waals surface area contributed by atoms with Gasteiger partial charge in [0.2, 0.25) is 5.91 Å². The fourth-order valence-electron chi connectivity index (χ4n) is 1.39. The van der Waals surface area contributed by atoms with Gasteiger partial charge in [-0.1, -0.05) is 6.07 Å². The van der Waals surface area contributed by atoms with Gasteiger partial charge in [0.1, 0.15) is 0 Å². The first-order valence-electron chi connectivity index (χ1n) is 6.11. The third-order valence-electron chi connectivity index (χ3n) is 2.60. The van der Waals surface area contributed by atoms with E-state index < -0.39 is 5.60 Å². The van der Waals surface area contributed by atoms with Crippen LogP contribution in [0.25, 0.3) is 6.08 Å². The number of hydrogen-bond donors (Lipinski definition) is 2. The molecule has 0 saturated carbocycles. The predicted octanol–water partition coefficient (Wildman–Crippen LogP) is 0.998. The molecule has 1 amide bonds. The second-order valence-electron chi connectivity index (χ2n) is 4.58. The standard InChI is InChI=1S/C14H20N2O3/c1-14(18,7-9-19-2)11-16-13(17)6-5-12-4-3-8-15-10-12/h3-6,8,10,18H,7,9,11H2,1-2H3,(H,16,17)/b6-5+. The maximum Gasteiger partial charge on any atom is 0.244 e. The minimum Gasteiger partial charge on any atom is -0.388 e. The van der Waals surface area contributed by atoms with Crippen molar-refractivity contribution in [2.45, 2.75) is 18.9 Å². The van der Waals surface area contributed by atoms with E-state index in [1.807, 2.05) is 6.07 Å². The van der Waals surface area contributed by atoms with E-state index in [2.05, 4.69) is 10.3 Å². The van der Waals surface area contributed by atoms with Crippen molar-refractivity contribution in [3.8, 4) is 0 Å². The largest absolute Gasteiger partial charge is 0.388 e. The van der Waals surface area contributed by atoms with E-state index in [1.54, 1.807) is 38.6 Å². The smallest absolute Gasteiger partial charge is 0.244 e. The molecule has 0 aliphatic heterocycles. The minimum atomic E-state index is -0.964. The van der Waals surface area contributed by atoms with Gasteiger partial charge in [0.05, 0.1) is 5.60 Å². The third kappa shape index (κ3) is 6.69. The molecule has 1 atom stereocenters. The van der Waals surface area contributed by atoms with Crippen molar-refractivity contribution in [2.75, 3.05) is 20.3 Å². The van der Waals surface area contributed by atoms with Gasteiger partial charge in [0, 0.05) is 45.2 Å². The van der Waals surface area contributed by atoms with Gasteiger partial charge in [-0.05, 0) is 24.6 Å². The van der Waals surface area contributed by atoms with Crippen molar-refractivity contribution in [1.29, 1.82) is 0 Å². The molecule has 19 heavy (non-hydrogen) atoms. The highest BCUT2D eigenvalue weighted by Crippen LogP contribution is 2.07. The fourth-order valence-corrected chi connectivity index (χ4v) is 1.39. The molecule has 104 valence electrons. The van der Waals surface area contributed by atoms with Gasteiger partial charge in [-0.2, -0.15) is 0 Å². The van der Waals surface area contributed by atoms with Crippen LogP contribution >= 0.6 is 0 Å². The Kier molecular flexibility index (Phi) is 6.18. The number of methoxy groups -OCH3 is 1. The monoisotopic (exact) mass is 264 g/mol. The zero-order valence-electron chi connectivity index (χ0n) is 11.3. The molecule has 0 radical (unpaired) electrons. The lowest BCUT2D eigenvalue weighted by molar-refractivity contribution is -0.117. The van der Waals surface area contributed by atoms with Crippen LogP contribution < -0.4 is 5.32 Å². The van der Waals surface area contributed by atoms with E-state index in [0.717, 1.165) is 5.56 Å². The highest BCUT2D eigenvalue weighted by molar-refractivity contribution is 5.91. The van der Waals surface area contributed by atoms with Gasteiger partial charge in [-0.3, -0.25) is 9.78 Å². The van der Waals surface area contributed by atoms with Crippen LogP contribution in [0.1, 0.15) is 18.9 Å². The molecule has 0 saturated heterocycles. The van der Waals surface area contributed by atoms with Crippen LogP contribution in [0.15, 0.2) is 30.6 Å². The maximum atomic E-state index is 11.6. The molecule has 1 heterocycles. The number of ether oxygens (including phenoxy) is 1. The Balaban J connectivity index is 2.37. The summed E-state index contributed by atoms with van der Waals surface area (Å²) in [5, 5.41) is 12.6. The molecule has 1 aromatic heterocycles. The number of carbonyl (C=O) groups is 1. The van der Waals surface area contributed by atoms with Gasteiger partial charge < -0.3 is 15.2 Å². The first-order chi connectivity index (χ1) is 9.03. The molecule has 0 bridgehead atoms. The van der Waals surface area contributed by atoms with Gasteiger partial charge in [-0.15, -0.1) is 0 Å². The van der Waals surface area contributed by atoms with Crippen LogP contribution in [-0.4, -0.2) is 41.9 Å². The molecule has 1 unspecified atom stereocenters. The Labute approximate surface area is 113 Å².